The van der Waals surface area contributed by atoms with Crippen molar-refractivity contribution >= 4 is 12.1 Å². The molecule has 0 saturated heterocycles. The summed E-state index contributed by atoms with van der Waals surface area (Å²) in [7, 11) is 0. The van der Waals surface area contributed by atoms with E-state index in [1.807, 2.05) is 57.2 Å². The Hall–Kier alpha value is -3.02. The van der Waals surface area contributed by atoms with Gasteiger partial charge in [-0.05, 0) is 56.9 Å². The SMILES string of the molecule is CC(C)(C)OC(=O)N(Cc1ccc(OCc2ccccc2)c(C(=O)O)c1)C1CCCCC1. The lowest BCUT2D eigenvalue weighted by Gasteiger charge is -2.35. The van der Waals surface area contributed by atoms with Crippen LogP contribution in [0.1, 0.15) is 74.4 Å². The average Bonchev–Trinajstić information content (AvgIpc) is 2.76. The number of rotatable bonds is 7. The van der Waals surface area contributed by atoms with Gasteiger partial charge in [-0.15, -0.1) is 0 Å². The zero-order chi connectivity index (χ0) is 23.1. The van der Waals surface area contributed by atoms with Crippen LogP contribution in [0.4, 0.5) is 4.79 Å². The van der Waals surface area contributed by atoms with Gasteiger partial charge in [0.15, 0.2) is 0 Å². The van der Waals surface area contributed by atoms with Gasteiger partial charge in [0.1, 0.15) is 23.5 Å². The molecule has 32 heavy (non-hydrogen) atoms. The summed E-state index contributed by atoms with van der Waals surface area (Å²) < 4.78 is 11.4. The van der Waals surface area contributed by atoms with E-state index in [2.05, 4.69) is 0 Å². The summed E-state index contributed by atoms with van der Waals surface area (Å²) in [5, 5.41) is 9.75. The second kappa shape index (κ2) is 10.5. The third-order valence-electron chi connectivity index (χ3n) is 5.51. The minimum atomic E-state index is -1.06. The van der Waals surface area contributed by atoms with Gasteiger partial charge in [0.25, 0.3) is 0 Å². The van der Waals surface area contributed by atoms with Crippen LogP contribution in [0.25, 0.3) is 0 Å². The Kier molecular flexibility index (Phi) is 7.78. The Morgan fingerprint density at radius 1 is 1.00 bits per heavy atom. The third kappa shape index (κ3) is 6.74. The molecule has 1 N–H and O–H groups in total. The van der Waals surface area contributed by atoms with Crippen LogP contribution >= 0.6 is 0 Å². The molecule has 0 bridgehead atoms. The first-order valence-corrected chi connectivity index (χ1v) is 11.3. The van der Waals surface area contributed by atoms with Crippen LogP contribution in [0, 0.1) is 0 Å². The number of carboxylic acid groups (broad SMARTS) is 1. The third-order valence-corrected chi connectivity index (χ3v) is 5.51. The van der Waals surface area contributed by atoms with Crippen LogP contribution in [0.2, 0.25) is 0 Å². The number of carbonyl (C=O) groups excluding carboxylic acids is 1. The number of amides is 1. The molecule has 1 fully saturated rings. The smallest absolute Gasteiger partial charge is 0.410 e. The molecule has 6 heteroatoms. The fourth-order valence-electron chi connectivity index (χ4n) is 3.96. The van der Waals surface area contributed by atoms with Gasteiger partial charge < -0.3 is 19.5 Å². The minimum absolute atomic E-state index is 0.0891. The lowest BCUT2D eigenvalue weighted by molar-refractivity contribution is 0.00988. The highest BCUT2D eigenvalue weighted by molar-refractivity contribution is 5.91. The number of aromatic carboxylic acids is 1. The number of carbonyl (C=O) groups is 2. The molecule has 1 saturated carbocycles. The molecule has 172 valence electrons. The highest BCUT2D eigenvalue weighted by Gasteiger charge is 2.30. The molecule has 2 aromatic carbocycles. The average molecular weight is 440 g/mol. The van der Waals surface area contributed by atoms with Crippen LogP contribution in [0.3, 0.4) is 0 Å². The molecule has 0 unspecified atom stereocenters. The van der Waals surface area contributed by atoms with E-state index in [4.69, 9.17) is 9.47 Å². The van der Waals surface area contributed by atoms with Crippen LogP contribution in [0.15, 0.2) is 48.5 Å². The standard InChI is InChI=1S/C26H33NO5/c1-26(2,3)32-25(30)27(21-12-8-5-9-13-21)17-20-14-15-23(22(16-20)24(28)29)31-18-19-10-6-4-7-11-19/h4,6-7,10-11,14-16,21H,5,8-9,12-13,17-18H2,1-3H3,(H,28,29). The Morgan fingerprint density at radius 2 is 1.69 bits per heavy atom. The quantitative estimate of drug-likeness (QED) is 0.570. The molecule has 1 aliphatic rings. The van der Waals surface area contributed by atoms with Crippen LogP contribution in [-0.2, 0) is 17.9 Å². The van der Waals surface area contributed by atoms with Crippen molar-refractivity contribution in [3.63, 3.8) is 0 Å². The predicted octanol–water partition coefficient (Wildman–Crippen LogP) is 6.03. The highest BCUT2D eigenvalue weighted by Crippen LogP contribution is 2.28. The Morgan fingerprint density at radius 3 is 2.31 bits per heavy atom. The highest BCUT2D eigenvalue weighted by atomic mass is 16.6. The topological polar surface area (TPSA) is 76.1 Å². The van der Waals surface area contributed by atoms with Crippen LogP contribution in [-0.4, -0.2) is 33.7 Å². The summed E-state index contributed by atoms with van der Waals surface area (Å²) in [6.07, 6.45) is 4.85. The van der Waals surface area contributed by atoms with Crippen molar-refractivity contribution in [1.82, 2.24) is 4.90 Å². The number of nitrogens with zero attached hydrogens (tertiary/aromatic N) is 1. The maximum atomic E-state index is 13.0. The Labute approximate surface area is 190 Å². The van der Waals surface area contributed by atoms with Crippen molar-refractivity contribution in [3.05, 3.63) is 65.2 Å². The van der Waals surface area contributed by atoms with Crippen molar-refractivity contribution in [2.24, 2.45) is 0 Å². The molecular weight excluding hydrogens is 406 g/mol. The Bertz CT molecular complexity index is 914. The van der Waals surface area contributed by atoms with E-state index in [1.165, 1.54) is 6.42 Å². The maximum Gasteiger partial charge on any atom is 0.410 e. The second-order valence-corrected chi connectivity index (χ2v) is 9.31. The molecule has 1 aliphatic carbocycles. The zero-order valence-corrected chi connectivity index (χ0v) is 19.2. The number of hydrogen-bond donors (Lipinski definition) is 1. The zero-order valence-electron chi connectivity index (χ0n) is 19.2. The number of carboxylic acids is 1. The summed E-state index contributed by atoms with van der Waals surface area (Å²) >= 11 is 0. The molecular formula is C26H33NO5. The second-order valence-electron chi connectivity index (χ2n) is 9.31. The van der Waals surface area contributed by atoms with Gasteiger partial charge in [-0.1, -0.05) is 55.7 Å². The van der Waals surface area contributed by atoms with Gasteiger partial charge in [0.2, 0.25) is 0 Å². The van der Waals surface area contributed by atoms with Gasteiger partial charge in [-0.25, -0.2) is 9.59 Å². The van der Waals surface area contributed by atoms with Gasteiger partial charge in [-0.2, -0.15) is 0 Å². The fourth-order valence-corrected chi connectivity index (χ4v) is 3.96. The van der Waals surface area contributed by atoms with E-state index in [1.54, 1.807) is 17.0 Å². The number of hydrogen-bond acceptors (Lipinski definition) is 4. The largest absolute Gasteiger partial charge is 0.488 e. The van der Waals surface area contributed by atoms with E-state index in [9.17, 15) is 14.7 Å². The molecule has 0 aromatic heterocycles. The summed E-state index contributed by atoms with van der Waals surface area (Å²) in [5.74, 6) is -0.747. The molecule has 6 nitrogen and oxygen atoms in total. The van der Waals surface area contributed by atoms with Crippen LogP contribution < -0.4 is 4.74 Å². The van der Waals surface area contributed by atoms with Crippen molar-refractivity contribution in [2.75, 3.05) is 0 Å². The molecule has 0 atom stereocenters. The molecule has 0 radical (unpaired) electrons. The molecule has 0 spiro atoms. The van der Waals surface area contributed by atoms with Gasteiger partial charge >= 0.3 is 12.1 Å². The van der Waals surface area contributed by atoms with Crippen LogP contribution in [0.5, 0.6) is 5.75 Å². The van der Waals surface area contributed by atoms with E-state index in [-0.39, 0.29) is 24.3 Å². The first-order valence-electron chi connectivity index (χ1n) is 11.3. The maximum absolute atomic E-state index is 13.0. The number of benzene rings is 2. The predicted molar refractivity (Wildman–Crippen MR) is 123 cm³/mol. The number of ether oxygens (including phenoxy) is 2. The van der Waals surface area contributed by atoms with Gasteiger partial charge in [-0.3, -0.25) is 0 Å². The van der Waals surface area contributed by atoms with Gasteiger partial charge in [0, 0.05) is 12.6 Å². The molecule has 2 aromatic rings. The lowest BCUT2D eigenvalue weighted by atomic mass is 9.94. The summed E-state index contributed by atoms with van der Waals surface area (Å²) in [6.45, 7) is 6.15. The lowest BCUT2D eigenvalue weighted by Crippen LogP contribution is -2.43. The van der Waals surface area contributed by atoms with Crippen molar-refractivity contribution in [2.45, 2.75) is 77.7 Å². The summed E-state index contributed by atoms with van der Waals surface area (Å²) in [5.41, 5.74) is 1.20. The molecule has 1 amide bonds. The van der Waals surface area contributed by atoms with Gasteiger partial charge in [0.05, 0.1) is 0 Å². The Balaban J connectivity index is 1.79. The molecule has 3 rings (SSSR count). The van der Waals surface area contributed by atoms with Crippen molar-refractivity contribution in [1.29, 1.82) is 0 Å². The first kappa shape index (κ1) is 23.6. The summed E-state index contributed by atoms with van der Waals surface area (Å²) in [4.78, 5) is 26.6. The summed E-state index contributed by atoms with van der Waals surface area (Å²) in [6, 6.07) is 14.8. The van der Waals surface area contributed by atoms with E-state index in [0.717, 1.165) is 36.8 Å². The van der Waals surface area contributed by atoms with E-state index < -0.39 is 11.6 Å². The monoisotopic (exact) mass is 439 g/mol. The van der Waals surface area contributed by atoms with Crippen molar-refractivity contribution in [3.8, 4) is 5.75 Å². The minimum Gasteiger partial charge on any atom is -0.488 e. The molecule has 0 aliphatic heterocycles. The first-order chi connectivity index (χ1) is 15.2. The van der Waals surface area contributed by atoms with Crippen molar-refractivity contribution < 1.29 is 24.2 Å². The molecule has 0 heterocycles. The fraction of sp³-hybridized carbons (Fsp3) is 0.462. The normalized spacial score (nSPS) is 14.6. The van der Waals surface area contributed by atoms with E-state index >= 15 is 0 Å². The van der Waals surface area contributed by atoms with E-state index in [0.29, 0.717) is 12.3 Å².